The number of hydrogen-bond donors (Lipinski definition) is 2. The van der Waals surface area contributed by atoms with Gasteiger partial charge in [-0.2, -0.15) is 0 Å². The average Bonchev–Trinajstić information content (AvgIpc) is 3.12. The molecule has 1 aliphatic heterocycles. The van der Waals surface area contributed by atoms with Crippen LogP contribution in [0.15, 0.2) is 21.9 Å². The van der Waals surface area contributed by atoms with Gasteiger partial charge >= 0.3 is 0 Å². The zero-order valence-corrected chi connectivity index (χ0v) is 13.7. The first-order chi connectivity index (χ1) is 10.6. The summed E-state index contributed by atoms with van der Waals surface area (Å²) in [6.45, 7) is 5.94. The highest BCUT2D eigenvalue weighted by atomic mass is 32.1. The van der Waals surface area contributed by atoms with E-state index in [-0.39, 0.29) is 18.4 Å². The molecule has 118 valence electrons. The molecule has 0 aliphatic carbocycles. The normalized spacial score (nSPS) is 21.7. The lowest BCUT2D eigenvalue weighted by Crippen LogP contribution is -2.48. The van der Waals surface area contributed by atoms with Gasteiger partial charge in [0.05, 0.1) is 17.0 Å². The molecule has 2 atom stereocenters. The van der Waals surface area contributed by atoms with Gasteiger partial charge in [0.1, 0.15) is 5.76 Å². The van der Waals surface area contributed by atoms with Crippen molar-refractivity contribution in [3.05, 3.63) is 29.0 Å². The summed E-state index contributed by atoms with van der Waals surface area (Å²) in [5, 5.41) is 8.45. The van der Waals surface area contributed by atoms with Crippen LogP contribution in [0.4, 0.5) is 0 Å². The second-order valence-electron chi connectivity index (χ2n) is 5.82. The third-order valence-corrected chi connectivity index (χ3v) is 4.94. The molecule has 0 radical (unpaired) electrons. The van der Waals surface area contributed by atoms with Crippen molar-refractivity contribution in [1.29, 1.82) is 0 Å². The molecule has 0 aromatic carbocycles. The topological polar surface area (TPSA) is 67.2 Å². The number of amides is 1. The van der Waals surface area contributed by atoms with Crippen LogP contribution < -0.4 is 10.6 Å². The predicted molar refractivity (Wildman–Crippen MR) is 86.8 cm³/mol. The number of carbonyl (C=O) groups is 1. The van der Waals surface area contributed by atoms with Crippen LogP contribution in [0.3, 0.4) is 0 Å². The Balaban J connectivity index is 1.64. The average molecular weight is 319 g/mol. The van der Waals surface area contributed by atoms with Gasteiger partial charge in [0.2, 0.25) is 11.8 Å². The minimum Gasteiger partial charge on any atom is -0.440 e. The van der Waals surface area contributed by atoms with E-state index in [9.17, 15) is 4.79 Å². The van der Waals surface area contributed by atoms with Gasteiger partial charge in [0, 0.05) is 6.04 Å². The molecule has 2 N–H and O–H groups in total. The van der Waals surface area contributed by atoms with E-state index in [4.69, 9.17) is 4.42 Å². The molecule has 1 amide bonds. The van der Waals surface area contributed by atoms with Gasteiger partial charge in [-0.15, -0.1) is 11.3 Å². The zero-order valence-electron chi connectivity index (χ0n) is 12.9. The third kappa shape index (κ3) is 3.39. The molecule has 0 spiro atoms. The van der Waals surface area contributed by atoms with Crippen molar-refractivity contribution in [2.45, 2.75) is 32.7 Å². The fraction of sp³-hybridized carbons (Fsp3) is 0.500. The van der Waals surface area contributed by atoms with E-state index >= 15 is 0 Å². The van der Waals surface area contributed by atoms with E-state index in [1.807, 2.05) is 24.4 Å². The minimum absolute atomic E-state index is 0.0212. The van der Waals surface area contributed by atoms with Crippen molar-refractivity contribution >= 4 is 17.2 Å². The van der Waals surface area contributed by atoms with Crippen LogP contribution in [0.2, 0.25) is 0 Å². The van der Waals surface area contributed by atoms with Crippen LogP contribution in [0, 0.1) is 12.8 Å². The first-order valence-electron chi connectivity index (χ1n) is 7.63. The molecule has 1 fully saturated rings. The van der Waals surface area contributed by atoms with Gasteiger partial charge < -0.3 is 15.1 Å². The Morgan fingerprint density at radius 3 is 3.18 bits per heavy atom. The summed E-state index contributed by atoms with van der Waals surface area (Å²) in [5.74, 6) is 1.80. The first kappa shape index (κ1) is 15.2. The number of carbonyl (C=O) groups excluding carboxylic acids is 1. The molecule has 3 heterocycles. The van der Waals surface area contributed by atoms with Gasteiger partial charge in [-0.1, -0.05) is 13.0 Å². The zero-order chi connectivity index (χ0) is 15.5. The highest BCUT2D eigenvalue weighted by Crippen LogP contribution is 2.26. The van der Waals surface area contributed by atoms with Crippen LogP contribution in [0.5, 0.6) is 0 Å². The van der Waals surface area contributed by atoms with E-state index in [0.29, 0.717) is 11.8 Å². The van der Waals surface area contributed by atoms with Crippen LogP contribution in [-0.4, -0.2) is 30.0 Å². The maximum absolute atomic E-state index is 12.3. The summed E-state index contributed by atoms with van der Waals surface area (Å²) >= 11 is 1.58. The Morgan fingerprint density at radius 2 is 2.45 bits per heavy atom. The van der Waals surface area contributed by atoms with E-state index in [2.05, 4.69) is 22.5 Å². The molecule has 0 saturated carbocycles. The molecule has 2 unspecified atom stereocenters. The largest absolute Gasteiger partial charge is 0.440 e. The summed E-state index contributed by atoms with van der Waals surface area (Å²) < 4.78 is 5.68. The van der Waals surface area contributed by atoms with Gasteiger partial charge in [-0.25, -0.2) is 4.98 Å². The Morgan fingerprint density at radius 1 is 1.59 bits per heavy atom. The quantitative estimate of drug-likeness (QED) is 0.908. The monoisotopic (exact) mass is 319 g/mol. The second kappa shape index (κ2) is 6.62. The van der Waals surface area contributed by atoms with Crippen molar-refractivity contribution in [2.75, 3.05) is 13.1 Å². The summed E-state index contributed by atoms with van der Waals surface area (Å²) in [7, 11) is 0. The Kier molecular flexibility index (Phi) is 4.59. The summed E-state index contributed by atoms with van der Waals surface area (Å²) in [4.78, 5) is 17.7. The highest BCUT2D eigenvalue weighted by Gasteiger charge is 2.23. The fourth-order valence-corrected chi connectivity index (χ4v) is 3.39. The molecular weight excluding hydrogens is 298 g/mol. The number of oxazole rings is 1. The predicted octanol–water partition coefficient (Wildman–Crippen LogP) is 2.37. The van der Waals surface area contributed by atoms with Crippen LogP contribution in [-0.2, 0) is 11.2 Å². The fourth-order valence-electron chi connectivity index (χ4n) is 2.74. The second-order valence-corrected chi connectivity index (χ2v) is 6.77. The number of nitrogens with one attached hydrogen (secondary N) is 2. The first-order valence-corrected chi connectivity index (χ1v) is 8.51. The Hall–Kier alpha value is -1.66. The summed E-state index contributed by atoms with van der Waals surface area (Å²) in [6, 6.07) is 4.18. The maximum Gasteiger partial charge on any atom is 0.236 e. The van der Waals surface area contributed by atoms with Crippen molar-refractivity contribution in [2.24, 2.45) is 5.92 Å². The smallest absolute Gasteiger partial charge is 0.236 e. The van der Waals surface area contributed by atoms with E-state index in [0.717, 1.165) is 35.8 Å². The van der Waals surface area contributed by atoms with E-state index in [1.165, 1.54) is 0 Å². The molecular formula is C16H21N3O2S. The highest BCUT2D eigenvalue weighted by molar-refractivity contribution is 7.13. The molecule has 2 aromatic heterocycles. The van der Waals surface area contributed by atoms with Crippen molar-refractivity contribution in [1.82, 2.24) is 15.6 Å². The third-order valence-electron chi connectivity index (χ3n) is 4.08. The maximum atomic E-state index is 12.3. The molecule has 1 aliphatic rings. The van der Waals surface area contributed by atoms with Gasteiger partial charge in [-0.3, -0.25) is 4.79 Å². The van der Waals surface area contributed by atoms with E-state index in [1.54, 1.807) is 11.3 Å². The molecule has 1 saturated heterocycles. The van der Waals surface area contributed by atoms with Crippen molar-refractivity contribution in [3.63, 3.8) is 0 Å². The molecule has 3 rings (SSSR count). The SMILES string of the molecule is Cc1oc(-c2cccs2)nc1CC(=O)NC1CCNCC1C. The number of hydrogen-bond acceptors (Lipinski definition) is 5. The summed E-state index contributed by atoms with van der Waals surface area (Å²) in [6.07, 6.45) is 1.25. The molecule has 0 bridgehead atoms. The van der Waals surface area contributed by atoms with Crippen LogP contribution >= 0.6 is 11.3 Å². The lowest BCUT2D eigenvalue weighted by atomic mass is 9.95. The van der Waals surface area contributed by atoms with Gasteiger partial charge in [0.15, 0.2) is 0 Å². The summed E-state index contributed by atoms with van der Waals surface area (Å²) in [5.41, 5.74) is 0.725. The number of nitrogens with zero attached hydrogens (tertiary/aromatic N) is 1. The number of aryl methyl sites for hydroxylation is 1. The Bertz CT molecular complexity index is 636. The Labute approximate surface area is 134 Å². The van der Waals surface area contributed by atoms with Crippen molar-refractivity contribution < 1.29 is 9.21 Å². The lowest BCUT2D eigenvalue weighted by molar-refractivity contribution is -0.121. The molecule has 6 heteroatoms. The number of aromatic nitrogens is 1. The number of thiophene rings is 1. The van der Waals surface area contributed by atoms with Gasteiger partial charge in [-0.05, 0) is 43.8 Å². The lowest BCUT2D eigenvalue weighted by Gasteiger charge is -2.30. The minimum atomic E-state index is 0.0212. The number of rotatable bonds is 4. The molecule has 5 nitrogen and oxygen atoms in total. The molecule has 2 aromatic rings. The van der Waals surface area contributed by atoms with E-state index < -0.39 is 0 Å². The standard InChI is InChI=1S/C16H21N3O2S/c1-10-9-17-6-5-12(10)18-15(20)8-13-11(2)21-16(19-13)14-4-3-7-22-14/h3-4,7,10,12,17H,5-6,8-9H2,1-2H3,(H,18,20). The van der Waals surface area contributed by atoms with Crippen LogP contribution in [0.25, 0.3) is 10.8 Å². The van der Waals surface area contributed by atoms with Crippen molar-refractivity contribution in [3.8, 4) is 10.8 Å². The van der Waals surface area contributed by atoms with Crippen LogP contribution in [0.1, 0.15) is 24.8 Å². The molecule has 22 heavy (non-hydrogen) atoms. The number of piperidine rings is 1. The van der Waals surface area contributed by atoms with Gasteiger partial charge in [0.25, 0.3) is 0 Å².